The topological polar surface area (TPSA) is 58.1 Å². The summed E-state index contributed by atoms with van der Waals surface area (Å²) < 4.78 is 0.785. The first-order chi connectivity index (χ1) is 13.5. The lowest BCUT2D eigenvalue weighted by molar-refractivity contribution is -0.130. The van der Waals surface area contributed by atoms with E-state index in [9.17, 15) is 4.79 Å². The second kappa shape index (κ2) is 9.71. The molecule has 7 heteroatoms. The zero-order valence-corrected chi connectivity index (χ0v) is 17.9. The van der Waals surface area contributed by atoms with Gasteiger partial charge in [-0.3, -0.25) is 4.79 Å². The Bertz CT molecular complexity index is 912. The number of anilines is 2. The molecule has 0 bridgehead atoms. The molecule has 0 aliphatic rings. The average Bonchev–Trinajstić information content (AvgIpc) is 3.14. The number of benzene rings is 2. The van der Waals surface area contributed by atoms with Crippen molar-refractivity contribution < 1.29 is 4.79 Å². The first kappa shape index (κ1) is 20.4. The van der Waals surface area contributed by atoms with Gasteiger partial charge in [-0.05, 0) is 38.0 Å². The third-order valence-electron chi connectivity index (χ3n) is 4.25. The molecular formula is C21H24N4OS2. The molecule has 1 aromatic heterocycles. The lowest BCUT2D eigenvalue weighted by Gasteiger charge is -2.26. The van der Waals surface area contributed by atoms with E-state index < -0.39 is 0 Å². The van der Waals surface area contributed by atoms with E-state index >= 15 is 0 Å². The van der Waals surface area contributed by atoms with Crippen molar-refractivity contribution in [3.63, 3.8) is 0 Å². The van der Waals surface area contributed by atoms with Crippen LogP contribution in [0, 0.1) is 6.92 Å². The van der Waals surface area contributed by atoms with Gasteiger partial charge in [-0.2, -0.15) is 0 Å². The van der Waals surface area contributed by atoms with Gasteiger partial charge in [0.15, 0.2) is 4.34 Å². The number of amides is 1. The van der Waals surface area contributed by atoms with Gasteiger partial charge in [0.2, 0.25) is 11.0 Å². The first-order valence-electron chi connectivity index (χ1n) is 9.15. The van der Waals surface area contributed by atoms with Crippen LogP contribution in [0.5, 0.6) is 0 Å². The van der Waals surface area contributed by atoms with Gasteiger partial charge in [-0.1, -0.05) is 71.6 Å². The molecule has 0 spiro atoms. The predicted molar refractivity (Wildman–Crippen MR) is 117 cm³/mol. The Morgan fingerprint density at radius 2 is 1.82 bits per heavy atom. The van der Waals surface area contributed by atoms with Crippen molar-refractivity contribution in [3.05, 3.63) is 65.7 Å². The van der Waals surface area contributed by atoms with Crippen LogP contribution in [0.4, 0.5) is 10.8 Å². The van der Waals surface area contributed by atoms with Crippen LogP contribution in [0.1, 0.15) is 25.0 Å². The van der Waals surface area contributed by atoms with Crippen LogP contribution >= 0.6 is 23.1 Å². The number of nitrogens with one attached hydrogen (secondary N) is 1. The minimum absolute atomic E-state index is 0.104. The van der Waals surface area contributed by atoms with Gasteiger partial charge in [0, 0.05) is 18.3 Å². The van der Waals surface area contributed by atoms with Crippen molar-refractivity contribution in [3.8, 4) is 0 Å². The summed E-state index contributed by atoms with van der Waals surface area (Å²) in [5, 5.41) is 12.4. The number of thioether (sulfide) groups is 1. The summed E-state index contributed by atoms with van der Waals surface area (Å²) in [6, 6.07) is 18.3. The molecule has 5 nitrogen and oxygen atoms in total. The maximum absolute atomic E-state index is 12.8. The van der Waals surface area contributed by atoms with Crippen LogP contribution in [0.25, 0.3) is 0 Å². The second-order valence-electron chi connectivity index (χ2n) is 6.70. The molecule has 0 fully saturated rings. The maximum Gasteiger partial charge on any atom is 0.233 e. The van der Waals surface area contributed by atoms with E-state index in [2.05, 4.69) is 15.5 Å². The summed E-state index contributed by atoms with van der Waals surface area (Å²) in [5.41, 5.74) is 3.30. The standard InChI is InChI=1S/C21H24N4OS2/c1-15(2)25(13-17-10-5-4-6-11-17)19(26)14-27-21-24-23-20(28-21)22-18-12-8-7-9-16(18)3/h4-12,15H,13-14H2,1-3H3,(H,22,23). The Morgan fingerprint density at radius 1 is 1.11 bits per heavy atom. The van der Waals surface area contributed by atoms with Crippen LogP contribution in [-0.4, -0.2) is 32.8 Å². The van der Waals surface area contributed by atoms with Gasteiger partial charge in [-0.25, -0.2) is 0 Å². The highest BCUT2D eigenvalue weighted by molar-refractivity contribution is 8.01. The van der Waals surface area contributed by atoms with E-state index in [4.69, 9.17) is 0 Å². The summed E-state index contributed by atoms with van der Waals surface area (Å²) in [4.78, 5) is 14.6. The molecule has 0 atom stereocenters. The number of carbonyl (C=O) groups excluding carboxylic acids is 1. The summed E-state index contributed by atoms with van der Waals surface area (Å²) in [6.07, 6.45) is 0. The van der Waals surface area contributed by atoms with Gasteiger partial charge >= 0.3 is 0 Å². The lowest BCUT2D eigenvalue weighted by atomic mass is 10.2. The molecule has 0 aliphatic carbocycles. The first-order valence-corrected chi connectivity index (χ1v) is 11.0. The molecule has 1 amide bonds. The van der Waals surface area contributed by atoms with Crippen molar-refractivity contribution in [2.24, 2.45) is 0 Å². The van der Waals surface area contributed by atoms with Crippen LogP contribution in [-0.2, 0) is 11.3 Å². The average molecular weight is 413 g/mol. The highest BCUT2D eigenvalue weighted by Crippen LogP contribution is 2.29. The van der Waals surface area contributed by atoms with Crippen molar-refractivity contribution in [1.29, 1.82) is 0 Å². The summed E-state index contributed by atoms with van der Waals surface area (Å²) in [5.74, 6) is 0.455. The van der Waals surface area contributed by atoms with Crippen LogP contribution < -0.4 is 5.32 Å². The molecule has 1 heterocycles. The Labute approximate surface area is 174 Å². The molecule has 3 aromatic rings. The third kappa shape index (κ3) is 5.56. The van der Waals surface area contributed by atoms with Gasteiger partial charge in [0.05, 0.1) is 5.75 Å². The Kier molecular flexibility index (Phi) is 7.06. The fraction of sp³-hybridized carbons (Fsp3) is 0.286. The summed E-state index contributed by atoms with van der Waals surface area (Å²) in [7, 11) is 0. The number of aryl methyl sites for hydroxylation is 1. The van der Waals surface area contributed by atoms with E-state index in [0.717, 1.165) is 26.3 Å². The smallest absolute Gasteiger partial charge is 0.233 e. The fourth-order valence-corrected chi connectivity index (χ4v) is 4.34. The monoisotopic (exact) mass is 412 g/mol. The Morgan fingerprint density at radius 3 is 2.54 bits per heavy atom. The minimum atomic E-state index is 0.104. The maximum atomic E-state index is 12.8. The van der Waals surface area contributed by atoms with E-state index in [1.165, 1.54) is 23.1 Å². The Hall–Kier alpha value is -2.38. The molecule has 3 rings (SSSR count). The van der Waals surface area contributed by atoms with Crippen molar-refractivity contribution in [2.45, 2.75) is 37.7 Å². The van der Waals surface area contributed by atoms with E-state index in [1.54, 1.807) is 0 Å². The molecule has 0 saturated heterocycles. The fourth-order valence-electron chi connectivity index (χ4n) is 2.69. The minimum Gasteiger partial charge on any atom is -0.335 e. The number of rotatable bonds is 8. The predicted octanol–water partition coefficient (Wildman–Crippen LogP) is 5.12. The highest BCUT2D eigenvalue weighted by Gasteiger charge is 2.18. The normalized spacial score (nSPS) is 10.9. The van der Waals surface area contributed by atoms with Gasteiger partial charge in [-0.15, -0.1) is 10.2 Å². The molecular weight excluding hydrogens is 388 g/mol. The number of carbonyl (C=O) groups is 1. The number of para-hydroxylation sites is 1. The zero-order chi connectivity index (χ0) is 19.9. The largest absolute Gasteiger partial charge is 0.335 e. The van der Waals surface area contributed by atoms with Gasteiger partial charge < -0.3 is 10.2 Å². The highest BCUT2D eigenvalue weighted by atomic mass is 32.2. The van der Waals surface area contributed by atoms with E-state index in [0.29, 0.717) is 12.3 Å². The molecule has 1 N–H and O–H groups in total. The molecule has 0 unspecified atom stereocenters. The third-order valence-corrected chi connectivity index (χ3v) is 6.21. The second-order valence-corrected chi connectivity index (χ2v) is 8.90. The molecule has 2 aromatic carbocycles. The van der Waals surface area contributed by atoms with Crippen molar-refractivity contribution >= 4 is 39.8 Å². The van der Waals surface area contributed by atoms with Crippen LogP contribution in [0.15, 0.2) is 58.9 Å². The molecule has 28 heavy (non-hydrogen) atoms. The molecule has 0 radical (unpaired) electrons. The van der Waals surface area contributed by atoms with Crippen LogP contribution in [0.2, 0.25) is 0 Å². The molecule has 0 saturated carbocycles. The number of nitrogens with zero attached hydrogens (tertiary/aromatic N) is 3. The summed E-state index contributed by atoms with van der Waals surface area (Å²) >= 11 is 2.90. The van der Waals surface area contributed by atoms with Crippen LogP contribution in [0.3, 0.4) is 0 Å². The lowest BCUT2D eigenvalue weighted by Crippen LogP contribution is -2.37. The molecule has 0 aliphatic heterocycles. The summed E-state index contributed by atoms with van der Waals surface area (Å²) in [6.45, 7) is 6.75. The van der Waals surface area contributed by atoms with E-state index in [1.807, 2.05) is 80.3 Å². The van der Waals surface area contributed by atoms with Gasteiger partial charge in [0.25, 0.3) is 0 Å². The number of hydrogen-bond acceptors (Lipinski definition) is 6. The SMILES string of the molecule is Cc1ccccc1Nc1nnc(SCC(=O)N(Cc2ccccc2)C(C)C)s1. The van der Waals surface area contributed by atoms with E-state index in [-0.39, 0.29) is 11.9 Å². The zero-order valence-electron chi connectivity index (χ0n) is 16.3. The Balaban J connectivity index is 1.57. The van der Waals surface area contributed by atoms with Gasteiger partial charge in [0.1, 0.15) is 0 Å². The van der Waals surface area contributed by atoms with Crippen molar-refractivity contribution in [1.82, 2.24) is 15.1 Å². The number of aromatic nitrogens is 2. The molecule has 146 valence electrons. The quantitative estimate of drug-likeness (QED) is 0.521. The number of hydrogen-bond donors (Lipinski definition) is 1. The van der Waals surface area contributed by atoms with Crippen molar-refractivity contribution in [2.75, 3.05) is 11.1 Å².